The molecule has 0 aliphatic heterocycles. The van der Waals surface area contributed by atoms with Gasteiger partial charge in [0.1, 0.15) is 5.76 Å². The van der Waals surface area contributed by atoms with Crippen LogP contribution in [0.4, 0.5) is 0 Å². The van der Waals surface area contributed by atoms with Crippen molar-refractivity contribution in [2.75, 3.05) is 0 Å². The molecule has 0 aromatic heterocycles. The Kier molecular flexibility index (Phi) is 8.33. The summed E-state index contributed by atoms with van der Waals surface area (Å²) in [6.45, 7) is 12.3. The summed E-state index contributed by atoms with van der Waals surface area (Å²) >= 11 is 0. The number of Topliss-reactive ketones (excluding diaryl/α,β-unsaturated/α-hetero) is 1. The van der Waals surface area contributed by atoms with E-state index in [4.69, 9.17) is 5.41 Å². The van der Waals surface area contributed by atoms with E-state index in [0.29, 0.717) is 31.1 Å². The molecule has 4 heteroatoms. The van der Waals surface area contributed by atoms with Crippen molar-refractivity contribution >= 4 is 11.5 Å². The Morgan fingerprint density at radius 1 is 1.08 bits per heavy atom. The Morgan fingerprint density at radius 2 is 1.64 bits per heavy atom. The van der Waals surface area contributed by atoms with Crippen LogP contribution in [0.25, 0.3) is 0 Å². The van der Waals surface area contributed by atoms with E-state index in [1.807, 2.05) is 13.8 Å². The van der Waals surface area contributed by atoms with E-state index in [9.17, 15) is 15.0 Å². The number of aliphatic hydroxyl groups is 2. The number of allylic oxidation sites excluding steroid dienone is 2. The lowest BCUT2D eigenvalue weighted by Gasteiger charge is -2.24. The van der Waals surface area contributed by atoms with Gasteiger partial charge in [0.25, 0.3) is 0 Å². The minimum absolute atomic E-state index is 0.0330. The van der Waals surface area contributed by atoms with E-state index in [1.54, 1.807) is 0 Å². The predicted octanol–water partition coefficient (Wildman–Crippen LogP) is 4.91. The number of nitrogens with one attached hydrogen (secondary N) is 1. The standard InChI is InChI=1S/C21H37NO3/c1-7-14(6)20(24)18-19(22)15(10-8-12(2)3)17(21(18)25)16(23)11-9-13(4)5/h12-17,22-24H,7-11H2,1-6H3/b20-18+,22-19?. The third-order valence-electron chi connectivity index (χ3n) is 5.47. The summed E-state index contributed by atoms with van der Waals surface area (Å²) in [6.07, 6.45) is 3.01. The lowest BCUT2D eigenvalue weighted by molar-refractivity contribution is -0.122. The van der Waals surface area contributed by atoms with Gasteiger partial charge in [0.2, 0.25) is 0 Å². The number of hydrogen-bond donors (Lipinski definition) is 3. The fraction of sp³-hybridized carbons (Fsp3) is 0.810. The second-order valence-electron chi connectivity index (χ2n) is 8.49. The maximum atomic E-state index is 13.0. The van der Waals surface area contributed by atoms with Crippen LogP contribution in [0.2, 0.25) is 0 Å². The molecule has 0 amide bonds. The van der Waals surface area contributed by atoms with E-state index < -0.39 is 12.0 Å². The number of ketones is 1. The van der Waals surface area contributed by atoms with E-state index in [0.717, 1.165) is 12.8 Å². The molecule has 1 rings (SSSR count). The molecule has 0 aromatic rings. The van der Waals surface area contributed by atoms with Gasteiger partial charge in [-0.3, -0.25) is 4.79 Å². The molecule has 1 fully saturated rings. The first-order chi connectivity index (χ1) is 11.6. The summed E-state index contributed by atoms with van der Waals surface area (Å²) in [5.41, 5.74) is 0.411. The lowest BCUT2D eigenvalue weighted by atomic mass is 9.82. The molecule has 4 unspecified atom stereocenters. The van der Waals surface area contributed by atoms with Crippen molar-refractivity contribution < 1.29 is 15.0 Å². The Morgan fingerprint density at radius 3 is 2.12 bits per heavy atom. The molecule has 144 valence electrons. The summed E-state index contributed by atoms with van der Waals surface area (Å²) in [5.74, 6) is -0.254. The molecular formula is C21H37NO3. The van der Waals surface area contributed by atoms with Crippen molar-refractivity contribution in [1.29, 1.82) is 5.41 Å². The Labute approximate surface area is 153 Å². The van der Waals surface area contributed by atoms with E-state index >= 15 is 0 Å². The molecule has 0 saturated heterocycles. The molecule has 4 nitrogen and oxygen atoms in total. The molecule has 0 bridgehead atoms. The first-order valence-electron chi connectivity index (χ1n) is 9.85. The smallest absolute Gasteiger partial charge is 0.174 e. The number of carbonyl (C=O) groups is 1. The lowest BCUT2D eigenvalue weighted by Crippen LogP contribution is -2.31. The van der Waals surface area contributed by atoms with Crippen LogP contribution in [-0.4, -0.2) is 27.8 Å². The van der Waals surface area contributed by atoms with Crippen LogP contribution in [0.1, 0.15) is 73.6 Å². The monoisotopic (exact) mass is 351 g/mol. The van der Waals surface area contributed by atoms with Crippen molar-refractivity contribution in [3.05, 3.63) is 11.3 Å². The van der Waals surface area contributed by atoms with Gasteiger partial charge in [-0.2, -0.15) is 0 Å². The zero-order chi connectivity index (χ0) is 19.3. The first kappa shape index (κ1) is 21.9. The average Bonchev–Trinajstić information content (AvgIpc) is 2.79. The van der Waals surface area contributed by atoms with Gasteiger partial charge in [0.05, 0.1) is 17.6 Å². The molecule has 1 aliphatic carbocycles. The second kappa shape index (κ2) is 9.51. The van der Waals surface area contributed by atoms with Gasteiger partial charge in [0.15, 0.2) is 5.78 Å². The largest absolute Gasteiger partial charge is 0.511 e. The first-order valence-corrected chi connectivity index (χ1v) is 9.85. The van der Waals surface area contributed by atoms with Crippen molar-refractivity contribution in [2.24, 2.45) is 29.6 Å². The van der Waals surface area contributed by atoms with E-state index in [1.165, 1.54) is 0 Å². The van der Waals surface area contributed by atoms with E-state index in [-0.39, 0.29) is 34.7 Å². The normalized spacial score (nSPS) is 25.8. The summed E-state index contributed by atoms with van der Waals surface area (Å²) in [7, 11) is 0. The van der Waals surface area contributed by atoms with Crippen molar-refractivity contribution in [1.82, 2.24) is 0 Å². The third-order valence-corrected chi connectivity index (χ3v) is 5.47. The minimum Gasteiger partial charge on any atom is -0.511 e. The summed E-state index contributed by atoms with van der Waals surface area (Å²) in [6, 6.07) is 0. The van der Waals surface area contributed by atoms with Crippen molar-refractivity contribution in [3.8, 4) is 0 Å². The Bertz CT molecular complexity index is 507. The Hall–Kier alpha value is -1.16. The van der Waals surface area contributed by atoms with Crippen LogP contribution in [0, 0.1) is 35.0 Å². The van der Waals surface area contributed by atoms with Gasteiger partial charge in [-0.15, -0.1) is 0 Å². The highest BCUT2D eigenvalue weighted by molar-refractivity contribution is 6.28. The van der Waals surface area contributed by atoms with Gasteiger partial charge in [0, 0.05) is 17.5 Å². The maximum absolute atomic E-state index is 13.0. The fourth-order valence-corrected chi connectivity index (χ4v) is 3.51. The van der Waals surface area contributed by atoms with Gasteiger partial charge in [-0.1, -0.05) is 48.0 Å². The predicted molar refractivity (Wildman–Crippen MR) is 103 cm³/mol. The van der Waals surface area contributed by atoms with Crippen LogP contribution in [0.3, 0.4) is 0 Å². The summed E-state index contributed by atoms with van der Waals surface area (Å²) in [5, 5.41) is 29.7. The van der Waals surface area contributed by atoms with Gasteiger partial charge < -0.3 is 15.6 Å². The molecule has 0 spiro atoms. The molecule has 3 N–H and O–H groups in total. The number of aliphatic hydroxyl groups excluding tert-OH is 2. The number of rotatable bonds is 9. The van der Waals surface area contributed by atoms with E-state index in [2.05, 4.69) is 27.7 Å². The van der Waals surface area contributed by atoms with Gasteiger partial charge in [-0.25, -0.2) is 0 Å². The minimum atomic E-state index is -0.741. The van der Waals surface area contributed by atoms with Crippen molar-refractivity contribution in [2.45, 2.75) is 79.8 Å². The molecule has 0 radical (unpaired) electrons. The maximum Gasteiger partial charge on any atom is 0.174 e. The topological polar surface area (TPSA) is 81.4 Å². The van der Waals surface area contributed by atoms with Gasteiger partial charge >= 0.3 is 0 Å². The molecule has 1 aliphatic rings. The average molecular weight is 352 g/mol. The highest BCUT2D eigenvalue weighted by Gasteiger charge is 2.47. The highest BCUT2D eigenvalue weighted by atomic mass is 16.3. The molecule has 0 heterocycles. The van der Waals surface area contributed by atoms with Crippen LogP contribution in [-0.2, 0) is 4.79 Å². The molecule has 1 saturated carbocycles. The van der Waals surface area contributed by atoms with Crippen molar-refractivity contribution in [3.63, 3.8) is 0 Å². The van der Waals surface area contributed by atoms with Gasteiger partial charge in [-0.05, 0) is 37.5 Å². The van der Waals surface area contributed by atoms with Crippen LogP contribution in [0.5, 0.6) is 0 Å². The number of hydrogen-bond acceptors (Lipinski definition) is 4. The molecule has 4 atom stereocenters. The Balaban J connectivity index is 3.16. The quantitative estimate of drug-likeness (QED) is 0.407. The van der Waals surface area contributed by atoms with Crippen LogP contribution < -0.4 is 0 Å². The molecular weight excluding hydrogens is 314 g/mol. The summed E-state index contributed by atoms with van der Waals surface area (Å²) < 4.78 is 0. The van der Waals surface area contributed by atoms with Crippen LogP contribution >= 0.6 is 0 Å². The summed E-state index contributed by atoms with van der Waals surface area (Å²) in [4.78, 5) is 13.0. The number of carbonyl (C=O) groups excluding carboxylic acids is 1. The zero-order valence-electron chi connectivity index (χ0n) is 16.8. The highest BCUT2D eigenvalue weighted by Crippen LogP contribution is 2.39. The fourth-order valence-electron chi connectivity index (χ4n) is 3.51. The molecule has 0 aromatic carbocycles. The zero-order valence-corrected chi connectivity index (χ0v) is 16.8. The molecule has 25 heavy (non-hydrogen) atoms. The SMILES string of the molecule is CCC(C)/C(O)=C1/C(=N)C(CCC(C)C)C(C(O)CCC(C)C)C1=O. The van der Waals surface area contributed by atoms with Crippen LogP contribution in [0.15, 0.2) is 11.3 Å². The third kappa shape index (κ3) is 5.40. The second-order valence-corrected chi connectivity index (χ2v) is 8.49.